The van der Waals surface area contributed by atoms with E-state index in [2.05, 4.69) is 0 Å². The highest BCUT2D eigenvalue weighted by Crippen LogP contribution is 2.29. The quantitative estimate of drug-likeness (QED) is 0.679. The number of ether oxygens (including phenoxy) is 1. The molecule has 3 rings (SSSR count). The van der Waals surface area contributed by atoms with Crippen molar-refractivity contribution in [3.8, 4) is 5.75 Å². The summed E-state index contributed by atoms with van der Waals surface area (Å²) < 4.78 is 58.9. The van der Waals surface area contributed by atoms with E-state index in [-0.39, 0.29) is 12.7 Å². The lowest BCUT2D eigenvalue weighted by atomic mass is 9.96. The van der Waals surface area contributed by atoms with Crippen LogP contribution in [0.15, 0.2) is 30.3 Å². The number of benzene rings is 2. The van der Waals surface area contributed by atoms with Crippen molar-refractivity contribution in [1.29, 1.82) is 0 Å². The van der Waals surface area contributed by atoms with Gasteiger partial charge < -0.3 is 10.1 Å². The molecule has 1 N–H and O–H groups in total. The minimum absolute atomic E-state index is 0.00385. The smallest absolute Gasteiger partial charge is 0.231 e. The summed E-state index contributed by atoms with van der Waals surface area (Å²) in [6.07, 6.45) is 0.295. The fraction of sp³-hybridized carbons (Fsp3) is 0.188. The molecule has 0 bridgehead atoms. The second kappa shape index (κ2) is 5.91. The third-order valence-electron chi connectivity index (χ3n) is 3.61. The van der Waals surface area contributed by atoms with E-state index in [1.165, 1.54) is 0 Å². The summed E-state index contributed by atoms with van der Waals surface area (Å²) in [5.74, 6) is -7.32. The van der Waals surface area contributed by atoms with Crippen molar-refractivity contribution in [1.82, 2.24) is 0 Å². The Labute approximate surface area is 128 Å². The Morgan fingerprint density at radius 3 is 2.43 bits per heavy atom. The Balaban J connectivity index is 1.81. The van der Waals surface area contributed by atoms with Crippen molar-refractivity contribution >= 4 is 11.6 Å². The number of para-hydroxylation sites is 1. The molecular formula is C16H11F4NO2. The summed E-state index contributed by atoms with van der Waals surface area (Å²) in [6, 6.07) is 7.13. The van der Waals surface area contributed by atoms with Gasteiger partial charge in [-0.05, 0) is 18.1 Å². The van der Waals surface area contributed by atoms with Gasteiger partial charge in [-0.1, -0.05) is 18.2 Å². The molecule has 0 aliphatic carbocycles. The molecule has 0 unspecified atom stereocenters. The number of hydrogen-bond donors (Lipinski definition) is 1. The van der Waals surface area contributed by atoms with E-state index in [4.69, 9.17) is 4.74 Å². The number of hydrogen-bond acceptors (Lipinski definition) is 2. The first kappa shape index (κ1) is 15.3. The van der Waals surface area contributed by atoms with E-state index in [1.807, 2.05) is 5.32 Å². The monoisotopic (exact) mass is 325 g/mol. The van der Waals surface area contributed by atoms with Crippen molar-refractivity contribution < 1.29 is 27.1 Å². The van der Waals surface area contributed by atoms with Crippen molar-refractivity contribution in [3.63, 3.8) is 0 Å². The summed E-state index contributed by atoms with van der Waals surface area (Å²) in [6.45, 7) is 0.00385. The van der Waals surface area contributed by atoms with Crippen molar-refractivity contribution in [3.05, 3.63) is 59.2 Å². The van der Waals surface area contributed by atoms with E-state index in [1.54, 1.807) is 24.3 Å². The van der Waals surface area contributed by atoms with E-state index in [9.17, 15) is 22.4 Å². The van der Waals surface area contributed by atoms with Crippen LogP contribution in [0.5, 0.6) is 5.75 Å². The van der Waals surface area contributed by atoms with Crippen LogP contribution in [-0.4, -0.2) is 12.5 Å². The first-order valence-corrected chi connectivity index (χ1v) is 6.82. The SMILES string of the molecule is O=C(Nc1c(F)c(F)cc(F)c1F)[C@H]1COc2ccccc2C1. The molecule has 0 fully saturated rings. The third kappa shape index (κ3) is 2.86. The van der Waals surface area contributed by atoms with Crippen molar-refractivity contribution in [2.45, 2.75) is 6.42 Å². The van der Waals surface area contributed by atoms with E-state index in [0.717, 1.165) is 5.56 Å². The highest BCUT2D eigenvalue weighted by Gasteiger charge is 2.28. The predicted octanol–water partition coefficient (Wildman–Crippen LogP) is 3.43. The molecule has 0 saturated heterocycles. The van der Waals surface area contributed by atoms with Crippen LogP contribution in [0.3, 0.4) is 0 Å². The zero-order valence-electron chi connectivity index (χ0n) is 11.7. The molecule has 23 heavy (non-hydrogen) atoms. The third-order valence-corrected chi connectivity index (χ3v) is 3.61. The van der Waals surface area contributed by atoms with Crippen LogP contribution in [0.1, 0.15) is 5.56 Å². The Hall–Kier alpha value is -2.57. The van der Waals surface area contributed by atoms with E-state index >= 15 is 0 Å². The van der Waals surface area contributed by atoms with Gasteiger partial charge in [0, 0.05) is 6.07 Å². The van der Waals surface area contributed by atoms with Gasteiger partial charge in [0.1, 0.15) is 18.0 Å². The highest BCUT2D eigenvalue weighted by molar-refractivity contribution is 5.93. The van der Waals surface area contributed by atoms with Gasteiger partial charge in [-0.2, -0.15) is 0 Å². The zero-order chi connectivity index (χ0) is 16.6. The topological polar surface area (TPSA) is 38.3 Å². The fourth-order valence-electron chi connectivity index (χ4n) is 2.40. The Bertz CT molecular complexity index is 753. The lowest BCUT2D eigenvalue weighted by Gasteiger charge is -2.24. The maximum absolute atomic E-state index is 13.6. The summed E-state index contributed by atoms with van der Waals surface area (Å²) >= 11 is 0. The van der Waals surface area contributed by atoms with Crippen LogP contribution in [0.25, 0.3) is 0 Å². The van der Waals surface area contributed by atoms with Crippen molar-refractivity contribution in [2.24, 2.45) is 5.92 Å². The summed E-state index contributed by atoms with van der Waals surface area (Å²) in [5.41, 5.74) is -0.364. The Morgan fingerprint density at radius 1 is 1.09 bits per heavy atom. The van der Waals surface area contributed by atoms with Gasteiger partial charge in [0.2, 0.25) is 5.91 Å². The van der Waals surface area contributed by atoms with Gasteiger partial charge >= 0.3 is 0 Å². The molecule has 120 valence electrons. The second-order valence-electron chi connectivity index (χ2n) is 5.15. The maximum atomic E-state index is 13.6. The molecule has 0 spiro atoms. The molecule has 2 aromatic rings. The first-order chi connectivity index (χ1) is 11.0. The largest absolute Gasteiger partial charge is 0.492 e. The van der Waals surface area contributed by atoms with Gasteiger partial charge in [0.05, 0.1) is 5.92 Å². The van der Waals surface area contributed by atoms with Crippen LogP contribution in [0.4, 0.5) is 23.2 Å². The Morgan fingerprint density at radius 2 is 1.74 bits per heavy atom. The number of carbonyl (C=O) groups is 1. The standard InChI is InChI=1S/C16H11F4NO2/c17-10-6-11(18)14(20)15(13(10)19)21-16(22)9-5-8-3-1-2-4-12(8)23-7-9/h1-4,6,9H,5,7H2,(H,21,22)/t9-/m1/s1. The molecule has 0 radical (unpaired) electrons. The van der Waals surface area contributed by atoms with Gasteiger partial charge in [0.25, 0.3) is 0 Å². The van der Waals surface area contributed by atoms with Crippen LogP contribution < -0.4 is 10.1 Å². The summed E-state index contributed by atoms with van der Waals surface area (Å²) in [5, 5.41) is 1.91. The van der Waals surface area contributed by atoms with E-state index < -0.39 is 40.8 Å². The van der Waals surface area contributed by atoms with Gasteiger partial charge in [-0.25, -0.2) is 17.6 Å². The predicted molar refractivity (Wildman–Crippen MR) is 74.0 cm³/mol. The number of carbonyl (C=O) groups excluding carboxylic acids is 1. The van der Waals surface area contributed by atoms with Crippen LogP contribution in [0.2, 0.25) is 0 Å². The summed E-state index contributed by atoms with van der Waals surface area (Å²) in [7, 11) is 0. The fourth-order valence-corrected chi connectivity index (χ4v) is 2.40. The lowest BCUT2D eigenvalue weighted by molar-refractivity contribution is -0.121. The molecule has 3 nitrogen and oxygen atoms in total. The zero-order valence-corrected chi connectivity index (χ0v) is 11.7. The minimum Gasteiger partial charge on any atom is -0.492 e. The molecule has 0 saturated carbocycles. The number of rotatable bonds is 2. The first-order valence-electron chi connectivity index (χ1n) is 6.82. The molecule has 1 atom stereocenters. The van der Waals surface area contributed by atoms with Gasteiger partial charge in [0.15, 0.2) is 23.3 Å². The average Bonchev–Trinajstić information content (AvgIpc) is 2.56. The number of fused-ring (bicyclic) bond motifs is 1. The highest BCUT2D eigenvalue weighted by atomic mass is 19.2. The number of nitrogens with one attached hydrogen (secondary N) is 1. The lowest BCUT2D eigenvalue weighted by Crippen LogP contribution is -2.33. The Kier molecular flexibility index (Phi) is 3.94. The van der Waals surface area contributed by atoms with Crippen LogP contribution in [-0.2, 0) is 11.2 Å². The second-order valence-corrected chi connectivity index (χ2v) is 5.15. The van der Waals surface area contributed by atoms with Gasteiger partial charge in [-0.3, -0.25) is 4.79 Å². The van der Waals surface area contributed by atoms with Crippen LogP contribution in [0, 0.1) is 29.2 Å². The number of amides is 1. The molecule has 7 heteroatoms. The van der Waals surface area contributed by atoms with Crippen LogP contribution >= 0.6 is 0 Å². The molecular weight excluding hydrogens is 314 g/mol. The molecule has 1 heterocycles. The normalized spacial score (nSPS) is 16.4. The molecule has 2 aromatic carbocycles. The number of anilines is 1. The average molecular weight is 325 g/mol. The van der Waals surface area contributed by atoms with Gasteiger partial charge in [-0.15, -0.1) is 0 Å². The summed E-state index contributed by atoms with van der Waals surface area (Å²) in [4.78, 5) is 12.1. The molecule has 1 aliphatic rings. The van der Waals surface area contributed by atoms with E-state index in [0.29, 0.717) is 12.2 Å². The molecule has 0 aromatic heterocycles. The maximum Gasteiger partial charge on any atom is 0.231 e. The van der Waals surface area contributed by atoms with Crippen molar-refractivity contribution in [2.75, 3.05) is 11.9 Å². The molecule has 1 amide bonds. The molecule has 1 aliphatic heterocycles. The number of halogens is 4. The minimum atomic E-state index is -1.64.